The first kappa shape index (κ1) is 20.2. The average molecular weight is 422 g/mol. The van der Waals surface area contributed by atoms with E-state index in [0.717, 1.165) is 4.90 Å². The summed E-state index contributed by atoms with van der Waals surface area (Å²) in [6.45, 7) is 4.98. The van der Waals surface area contributed by atoms with Gasteiger partial charge in [-0.05, 0) is 50.6 Å². The molecule has 0 aromatic heterocycles. The minimum absolute atomic E-state index is 0.0497. The van der Waals surface area contributed by atoms with Crippen LogP contribution in [-0.2, 0) is 14.8 Å². The summed E-state index contributed by atoms with van der Waals surface area (Å²) < 4.78 is 27.2. The predicted molar refractivity (Wildman–Crippen MR) is 108 cm³/mol. The number of halogens is 1. The Morgan fingerprint density at radius 3 is 2.50 bits per heavy atom. The molecule has 0 saturated carbocycles. The lowest BCUT2D eigenvalue weighted by molar-refractivity contribution is -0.120. The molecular weight excluding hydrogens is 402 g/mol. The van der Waals surface area contributed by atoms with Crippen molar-refractivity contribution >= 4 is 44.9 Å². The Bertz CT molecular complexity index is 1050. The van der Waals surface area contributed by atoms with Gasteiger partial charge in [0.1, 0.15) is 11.4 Å². The molecule has 9 heteroatoms. The Labute approximate surface area is 168 Å². The maximum atomic E-state index is 13.2. The van der Waals surface area contributed by atoms with E-state index >= 15 is 0 Å². The van der Waals surface area contributed by atoms with Crippen molar-refractivity contribution in [2.24, 2.45) is 0 Å². The monoisotopic (exact) mass is 421 g/mol. The number of hydrogen-bond donors (Lipinski definition) is 1. The van der Waals surface area contributed by atoms with Crippen LogP contribution in [0.2, 0.25) is 5.02 Å². The number of carbonyl (C=O) groups excluding carboxylic acids is 2. The van der Waals surface area contributed by atoms with Gasteiger partial charge in [0.25, 0.3) is 10.0 Å². The highest BCUT2D eigenvalue weighted by molar-refractivity contribution is 7.94. The summed E-state index contributed by atoms with van der Waals surface area (Å²) in [6, 6.07) is 9.84. The van der Waals surface area contributed by atoms with Crippen LogP contribution in [0, 0.1) is 6.92 Å². The van der Waals surface area contributed by atoms with Crippen LogP contribution in [0.1, 0.15) is 19.4 Å². The minimum atomic E-state index is -4.16. The van der Waals surface area contributed by atoms with Gasteiger partial charge >= 0.3 is 6.03 Å². The number of sulfonamides is 1. The van der Waals surface area contributed by atoms with Crippen molar-refractivity contribution < 1.29 is 18.0 Å². The van der Waals surface area contributed by atoms with Crippen molar-refractivity contribution in [3.63, 3.8) is 0 Å². The van der Waals surface area contributed by atoms with Crippen molar-refractivity contribution in [1.82, 2.24) is 5.32 Å². The first-order chi connectivity index (χ1) is 13.1. The van der Waals surface area contributed by atoms with Crippen LogP contribution in [0.25, 0.3) is 0 Å². The summed E-state index contributed by atoms with van der Waals surface area (Å²) in [5.74, 6) is -0.389. The van der Waals surface area contributed by atoms with Crippen LogP contribution in [0.5, 0.6) is 0 Å². The molecular formula is C19H20ClN3O4S. The molecule has 0 fully saturated rings. The second kappa shape index (κ2) is 7.44. The molecule has 2 aromatic rings. The fourth-order valence-electron chi connectivity index (χ4n) is 3.01. The van der Waals surface area contributed by atoms with Gasteiger partial charge in [-0.1, -0.05) is 29.8 Å². The second-order valence-electron chi connectivity index (χ2n) is 6.76. The molecule has 0 unspecified atom stereocenters. The number of anilines is 2. The molecule has 28 heavy (non-hydrogen) atoms. The number of para-hydroxylation sites is 1. The molecule has 0 spiro atoms. The summed E-state index contributed by atoms with van der Waals surface area (Å²) in [7, 11) is -4.16. The number of fused-ring (bicyclic) bond motifs is 1. The van der Waals surface area contributed by atoms with E-state index in [1.165, 1.54) is 18.2 Å². The molecule has 0 aliphatic carbocycles. The van der Waals surface area contributed by atoms with E-state index in [1.807, 2.05) is 0 Å². The van der Waals surface area contributed by atoms with Gasteiger partial charge in [-0.3, -0.25) is 9.69 Å². The standard InChI is InChI=1S/C19H20ClN3O4S/c1-12(2)21-18(24)11-22-15-6-4-5-7-17(15)28(26,27)23(19(22)25)16-10-14(20)9-8-13(16)3/h4-10,12H,11H2,1-3H3,(H,21,24). The smallest absolute Gasteiger partial charge is 0.343 e. The molecule has 1 aliphatic rings. The molecule has 1 heterocycles. The summed E-state index contributed by atoms with van der Waals surface area (Å²) in [6.07, 6.45) is 0. The third-order valence-electron chi connectivity index (χ3n) is 4.22. The zero-order valence-electron chi connectivity index (χ0n) is 15.6. The number of benzene rings is 2. The van der Waals surface area contributed by atoms with Gasteiger partial charge in [0.15, 0.2) is 0 Å². The van der Waals surface area contributed by atoms with Gasteiger partial charge in [-0.15, -0.1) is 0 Å². The average Bonchev–Trinajstić information content (AvgIpc) is 2.61. The fraction of sp³-hybridized carbons (Fsp3) is 0.263. The molecule has 0 saturated heterocycles. The molecule has 148 valence electrons. The molecule has 2 aromatic carbocycles. The lowest BCUT2D eigenvalue weighted by atomic mass is 10.2. The van der Waals surface area contributed by atoms with E-state index in [9.17, 15) is 18.0 Å². The lowest BCUT2D eigenvalue weighted by Crippen LogP contribution is -2.54. The predicted octanol–water partition coefficient (Wildman–Crippen LogP) is 3.31. The van der Waals surface area contributed by atoms with E-state index in [4.69, 9.17) is 11.6 Å². The number of rotatable bonds is 4. The number of aryl methyl sites for hydroxylation is 1. The zero-order valence-corrected chi connectivity index (χ0v) is 17.2. The maximum absolute atomic E-state index is 13.2. The van der Waals surface area contributed by atoms with Crippen molar-refractivity contribution in [2.45, 2.75) is 31.7 Å². The van der Waals surface area contributed by atoms with E-state index in [1.54, 1.807) is 45.0 Å². The molecule has 3 amide bonds. The van der Waals surface area contributed by atoms with Crippen molar-refractivity contribution in [1.29, 1.82) is 0 Å². The molecule has 0 atom stereocenters. The quantitative estimate of drug-likeness (QED) is 0.820. The van der Waals surface area contributed by atoms with Crippen LogP contribution in [0.15, 0.2) is 47.4 Å². The Morgan fingerprint density at radius 1 is 1.14 bits per heavy atom. The number of amides is 3. The largest absolute Gasteiger partial charge is 0.352 e. The Balaban J connectivity index is 2.16. The zero-order chi connectivity index (χ0) is 20.6. The Hall–Kier alpha value is -2.58. The first-order valence-corrected chi connectivity index (χ1v) is 10.5. The van der Waals surface area contributed by atoms with Crippen molar-refractivity contribution in [3.8, 4) is 0 Å². The van der Waals surface area contributed by atoms with E-state index in [0.29, 0.717) is 14.9 Å². The molecule has 1 aliphatic heterocycles. The van der Waals surface area contributed by atoms with Crippen LogP contribution >= 0.6 is 11.6 Å². The van der Waals surface area contributed by atoms with Crippen LogP contribution in [0.4, 0.5) is 16.2 Å². The van der Waals surface area contributed by atoms with Gasteiger partial charge in [-0.2, -0.15) is 4.31 Å². The minimum Gasteiger partial charge on any atom is -0.352 e. The van der Waals surface area contributed by atoms with Crippen molar-refractivity contribution in [2.75, 3.05) is 15.7 Å². The fourth-order valence-corrected chi connectivity index (χ4v) is 4.83. The Kier molecular flexibility index (Phi) is 5.36. The Morgan fingerprint density at radius 2 is 1.82 bits per heavy atom. The second-order valence-corrected chi connectivity index (χ2v) is 8.95. The van der Waals surface area contributed by atoms with E-state index in [-0.39, 0.29) is 34.8 Å². The van der Waals surface area contributed by atoms with Crippen LogP contribution < -0.4 is 14.5 Å². The van der Waals surface area contributed by atoms with Gasteiger partial charge in [0.2, 0.25) is 5.91 Å². The van der Waals surface area contributed by atoms with Gasteiger partial charge in [0.05, 0.1) is 11.4 Å². The summed E-state index contributed by atoms with van der Waals surface area (Å²) in [5, 5.41) is 3.01. The lowest BCUT2D eigenvalue weighted by Gasteiger charge is -2.36. The highest BCUT2D eigenvalue weighted by Crippen LogP contribution is 2.38. The highest BCUT2D eigenvalue weighted by atomic mass is 35.5. The number of carbonyl (C=O) groups is 2. The van der Waals surface area contributed by atoms with E-state index < -0.39 is 16.1 Å². The third-order valence-corrected chi connectivity index (χ3v) is 6.19. The van der Waals surface area contributed by atoms with Gasteiger partial charge < -0.3 is 5.32 Å². The molecule has 0 bridgehead atoms. The number of nitrogens with zero attached hydrogens (tertiary/aromatic N) is 2. The first-order valence-electron chi connectivity index (χ1n) is 8.64. The normalized spacial score (nSPS) is 15.5. The topological polar surface area (TPSA) is 86.8 Å². The van der Waals surface area contributed by atoms with Gasteiger partial charge in [-0.25, -0.2) is 13.2 Å². The van der Waals surface area contributed by atoms with Crippen molar-refractivity contribution in [3.05, 3.63) is 53.1 Å². The third kappa shape index (κ3) is 3.57. The molecule has 1 N–H and O–H groups in total. The number of nitrogens with one attached hydrogen (secondary N) is 1. The summed E-state index contributed by atoms with van der Waals surface area (Å²) in [4.78, 5) is 26.7. The summed E-state index contributed by atoms with van der Waals surface area (Å²) >= 11 is 6.04. The maximum Gasteiger partial charge on any atom is 0.343 e. The molecule has 0 radical (unpaired) electrons. The molecule has 3 rings (SSSR count). The van der Waals surface area contributed by atoms with Gasteiger partial charge in [0, 0.05) is 11.1 Å². The SMILES string of the molecule is Cc1ccc(Cl)cc1N1C(=O)N(CC(=O)NC(C)C)c2ccccc2S1(=O)=O. The number of urea groups is 1. The highest BCUT2D eigenvalue weighted by Gasteiger charge is 2.43. The van der Waals surface area contributed by atoms with E-state index in [2.05, 4.69) is 5.32 Å². The van der Waals surface area contributed by atoms with Crippen LogP contribution in [0.3, 0.4) is 0 Å². The van der Waals surface area contributed by atoms with Crippen LogP contribution in [-0.4, -0.2) is 32.9 Å². The molecule has 7 nitrogen and oxygen atoms in total. The number of hydrogen-bond acceptors (Lipinski definition) is 4. The summed E-state index contributed by atoms with van der Waals surface area (Å²) in [5.41, 5.74) is 0.885.